The topological polar surface area (TPSA) is 95.0 Å². The summed E-state index contributed by atoms with van der Waals surface area (Å²) < 4.78 is 13.8. The van der Waals surface area contributed by atoms with Crippen molar-refractivity contribution in [2.75, 3.05) is 4.90 Å². The van der Waals surface area contributed by atoms with Gasteiger partial charge in [0.25, 0.3) is 11.8 Å². The number of halogens is 3. The van der Waals surface area contributed by atoms with Crippen LogP contribution < -0.4 is 4.90 Å². The Morgan fingerprint density at radius 2 is 1.72 bits per heavy atom. The highest BCUT2D eigenvalue weighted by atomic mass is 35.5. The number of aryl methyl sites for hydroxylation is 1. The summed E-state index contributed by atoms with van der Waals surface area (Å²) in [7, 11) is 0. The number of anilines is 1. The lowest BCUT2D eigenvalue weighted by Gasteiger charge is -2.50. The minimum atomic E-state index is -2.09. The van der Waals surface area contributed by atoms with E-state index in [9.17, 15) is 28.7 Å². The molecule has 6 unspecified atom stereocenters. The Morgan fingerprint density at radius 3 is 2.42 bits per heavy atom. The number of benzene rings is 2. The second-order valence-electron chi connectivity index (χ2n) is 11.6. The number of nitrogens with zero attached hydrogens (tertiary/aromatic N) is 2. The molecule has 1 saturated carbocycles. The van der Waals surface area contributed by atoms with Crippen LogP contribution in [-0.2, 0) is 25.7 Å². The molecule has 3 fully saturated rings. The minimum absolute atomic E-state index is 0.0992. The van der Waals surface area contributed by atoms with Gasteiger partial charge in [0.05, 0.1) is 24.1 Å². The molecule has 2 aliphatic heterocycles. The number of phenols is 1. The van der Waals surface area contributed by atoms with Crippen molar-refractivity contribution < 1.29 is 28.7 Å². The van der Waals surface area contributed by atoms with Crippen molar-refractivity contribution >= 4 is 63.9 Å². The van der Waals surface area contributed by atoms with E-state index in [-0.39, 0.29) is 42.6 Å². The normalized spacial score (nSPS) is 31.7. The smallest absolute Gasteiger partial charge is 0.258 e. The lowest BCUT2D eigenvalue weighted by atomic mass is 9.56. The molecule has 7 nitrogen and oxygen atoms in total. The van der Waals surface area contributed by atoms with Crippen LogP contribution in [0.3, 0.4) is 0 Å². The Balaban J connectivity index is 1.39. The number of fused-ring (bicyclic) bond motifs is 4. The Kier molecular flexibility index (Phi) is 6.40. The van der Waals surface area contributed by atoms with E-state index in [1.807, 2.05) is 23.6 Å². The summed E-state index contributed by atoms with van der Waals surface area (Å²) in [5.41, 5.74) is 1.51. The van der Waals surface area contributed by atoms with Crippen molar-refractivity contribution in [2.45, 2.75) is 42.0 Å². The van der Waals surface area contributed by atoms with Crippen molar-refractivity contribution in [3.05, 3.63) is 93.4 Å². The number of phenolic OH excluding ortho intramolecular Hbond substituents is 1. The van der Waals surface area contributed by atoms with Gasteiger partial charge in [-0.3, -0.25) is 24.1 Å². The number of allylic oxidation sites excluding steroid dienone is 2. The largest absolute Gasteiger partial charge is 0.507 e. The van der Waals surface area contributed by atoms with Gasteiger partial charge in [-0.15, -0.1) is 34.5 Å². The summed E-state index contributed by atoms with van der Waals surface area (Å²) >= 11 is 16.1. The van der Waals surface area contributed by atoms with E-state index in [2.05, 4.69) is 0 Å². The Labute approximate surface area is 260 Å². The highest BCUT2D eigenvalue weighted by Crippen LogP contribution is 2.66. The SMILES string of the molecule is Cc1cccc(C2C3=CCC4C(=O)N(Cc5cccs5)C(=O)C4C3CC3(Cl)C(=O)N(c4ccc(F)cc4)C(=O)C23Cl)c1O. The molecular formula is C32H25Cl2FN2O5S. The van der Waals surface area contributed by atoms with Gasteiger partial charge in [-0.1, -0.05) is 35.9 Å². The zero-order valence-corrected chi connectivity index (χ0v) is 25.1. The van der Waals surface area contributed by atoms with Gasteiger partial charge >= 0.3 is 0 Å². The first kappa shape index (κ1) is 28.3. The number of hydrogen-bond acceptors (Lipinski definition) is 6. The predicted octanol–water partition coefficient (Wildman–Crippen LogP) is 5.66. The number of hydrogen-bond donors (Lipinski definition) is 1. The second-order valence-corrected chi connectivity index (χ2v) is 13.9. The molecule has 2 aromatic carbocycles. The molecular weight excluding hydrogens is 614 g/mol. The number of rotatable bonds is 4. The number of imide groups is 2. The van der Waals surface area contributed by atoms with Gasteiger partial charge in [-0.2, -0.15) is 0 Å². The highest BCUT2D eigenvalue weighted by Gasteiger charge is 2.76. The van der Waals surface area contributed by atoms with Gasteiger partial charge in [0.15, 0.2) is 9.75 Å². The number of aromatic hydroxyl groups is 1. The van der Waals surface area contributed by atoms with Crippen LogP contribution in [0, 0.1) is 30.5 Å². The van der Waals surface area contributed by atoms with Crippen LogP contribution in [0.15, 0.2) is 71.6 Å². The Hall–Kier alpha value is -3.53. The van der Waals surface area contributed by atoms with E-state index in [1.54, 1.807) is 25.1 Å². The third-order valence-electron chi connectivity index (χ3n) is 9.46. The summed E-state index contributed by atoms with van der Waals surface area (Å²) in [6.45, 7) is 1.85. The quantitative estimate of drug-likeness (QED) is 0.226. The van der Waals surface area contributed by atoms with Crippen molar-refractivity contribution in [1.82, 2.24) is 4.90 Å². The van der Waals surface area contributed by atoms with E-state index in [4.69, 9.17) is 23.2 Å². The van der Waals surface area contributed by atoms with E-state index in [0.29, 0.717) is 16.7 Å². The number of likely N-dealkylation sites (tertiary alicyclic amines) is 1. The summed E-state index contributed by atoms with van der Waals surface area (Å²) in [5, 5.41) is 13.2. The molecule has 1 N–H and O–H groups in total. The second kappa shape index (κ2) is 9.74. The van der Waals surface area contributed by atoms with Crippen LogP contribution >= 0.6 is 34.5 Å². The summed E-state index contributed by atoms with van der Waals surface area (Å²) in [6.07, 6.45) is 1.89. The number of thiophene rings is 1. The molecule has 11 heteroatoms. The fraction of sp³-hybridized carbons (Fsp3) is 0.312. The monoisotopic (exact) mass is 638 g/mol. The lowest BCUT2D eigenvalue weighted by Crippen LogP contribution is -2.60. The Morgan fingerprint density at radius 1 is 0.977 bits per heavy atom. The fourth-order valence-electron chi connectivity index (χ4n) is 7.44. The molecule has 0 radical (unpaired) electrons. The van der Waals surface area contributed by atoms with Gasteiger partial charge in [-0.25, -0.2) is 9.29 Å². The minimum Gasteiger partial charge on any atom is -0.507 e. The van der Waals surface area contributed by atoms with Gasteiger partial charge < -0.3 is 5.11 Å². The third-order valence-corrected chi connectivity index (χ3v) is 11.7. The molecule has 220 valence electrons. The average molecular weight is 640 g/mol. The Bertz CT molecular complexity index is 1740. The van der Waals surface area contributed by atoms with Gasteiger partial charge in [0, 0.05) is 16.4 Å². The van der Waals surface area contributed by atoms with Gasteiger partial charge in [0.1, 0.15) is 11.6 Å². The number of para-hydroxylation sites is 1. The number of amides is 4. The average Bonchev–Trinajstić information content (AvgIpc) is 3.62. The molecule has 7 rings (SSSR count). The summed E-state index contributed by atoms with van der Waals surface area (Å²) in [6, 6.07) is 13.6. The first-order chi connectivity index (χ1) is 20.5. The molecule has 43 heavy (non-hydrogen) atoms. The van der Waals surface area contributed by atoms with Crippen LogP contribution in [0.2, 0.25) is 0 Å². The number of carbonyl (C=O) groups is 4. The van der Waals surface area contributed by atoms with E-state index >= 15 is 0 Å². The fourth-order valence-corrected chi connectivity index (χ4v) is 9.06. The molecule has 1 aromatic heterocycles. The molecule has 6 atom stereocenters. The highest BCUT2D eigenvalue weighted by molar-refractivity contribution is 7.09. The van der Waals surface area contributed by atoms with Crippen molar-refractivity contribution in [1.29, 1.82) is 0 Å². The van der Waals surface area contributed by atoms with Crippen LogP contribution in [-0.4, -0.2) is 43.4 Å². The van der Waals surface area contributed by atoms with Crippen molar-refractivity contribution in [3.63, 3.8) is 0 Å². The first-order valence-electron chi connectivity index (χ1n) is 13.9. The molecule has 0 spiro atoms. The lowest BCUT2D eigenvalue weighted by molar-refractivity contribution is -0.141. The standard InChI is InChI=1S/C32H25Cl2FN2O5S/c1-16-4-2-6-22(26(16)38)25-20-11-12-21-24(28(40)36(27(21)39)15-19-5-3-13-43-19)23(20)14-31(33)29(41)37(30(42)32(25,31)34)18-9-7-17(35)8-10-18/h2-11,13,21,23-25,38H,12,14-15H2,1H3. The van der Waals surface area contributed by atoms with Crippen molar-refractivity contribution in [3.8, 4) is 5.75 Å². The predicted molar refractivity (Wildman–Crippen MR) is 159 cm³/mol. The van der Waals surface area contributed by atoms with Crippen LogP contribution in [0.4, 0.5) is 10.1 Å². The zero-order chi connectivity index (χ0) is 30.4. The molecule has 2 saturated heterocycles. The van der Waals surface area contributed by atoms with Crippen molar-refractivity contribution in [2.24, 2.45) is 17.8 Å². The zero-order valence-electron chi connectivity index (χ0n) is 22.8. The molecule has 3 aromatic rings. The maximum absolute atomic E-state index is 14.3. The van der Waals surface area contributed by atoms with Gasteiger partial charge in [-0.05, 0) is 67.0 Å². The molecule has 4 amide bonds. The maximum atomic E-state index is 14.3. The number of carbonyl (C=O) groups excluding carboxylic acids is 4. The van der Waals surface area contributed by atoms with Gasteiger partial charge in [0.2, 0.25) is 11.8 Å². The molecule has 3 heterocycles. The van der Waals surface area contributed by atoms with E-state index < -0.39 is 51.1 Å². The van der Waals surface area contributed by atoms with Crippen LogP contribution in [0.1, 0.15) is 34.8 Å². The molecule has 4 aliphatic rings. The summed E-state index contributed by atoms with van der Waals surface area (Å²) in [4.78, 5) is 55.0. The van der Waals surface area contributed by atoms with Crippen LogP contribution in [0.5, 0.6) is 5.75 Å². The van der Waals surface area contributed by atoms with Crippen LogP contribution in [0.25, 0.3) is 0 Å². The van der Waals surface area contributed by atoms with E-state index in [0.717, 1.165) is 21.9 Å². The number of alkyl halides is 2. The molecule has 2 aliphatic carbocycles. The third kappa shape index (κ3) is 3.77. The first-order valence-corrected chi connectivity index (χ1v) is 15.5. The maximum Gasteiger partial charge on any atom is 0.258 e. The van der Waals surface area contributed by atoms with E-state index in [1.165, 1.54) is 28.4 Å². The summed E-state index contributed by atoms with van der Waals surface area (Å²) in [5.74, 6) is -6.19. The molecule has 0 bridgehead atoms.